The second-order valence-electron chi connectivity index (χ2n) is 6.29. The van der Waals surface area contributed by atoms with Gasteiger partial charge >= 0.3 is 6.09 Å². The Kier molecular flexibility index (Phi) is 5.45. The summed E-state index contributed by atoms with van der Waals surface area (Å²) in [6.07, 6.45) is 4.50. The fraction of sp³-hybridized carbons (Fsp3) is 0.929. The number of carbonyl (C=O) groups excluding carboxylic acids is 1. The topological polar surface area (TPSA) is 55.6 Å². The van der Waals surface area contributed by atoms with E-state index in [0.717, 1.165) is 6.42 Å². The third-order valence-electron chi connectivity index (χ3n) is 3.46. The predicted molar refractivity (Wildman–Crippen MR) is 73.4 cm³/mol. The number of nitrogens with zero attached hydrogens (tertiary/aromatic N) is 1. The second-order valence-corrected chi connectivity index (χ2v) is 6.29. The fourth-order valence-electron chi connectivity index (χ4n) is 2.61. The Morgan fingerprint density at radius 2 is 1.94 bits per heavy atom. The molecule has 0 spiro atoms. The van der Waals surface area contributed by atoms with Gasteiger partial charge in [-0.1, -0.05) is 19.8 Å². The highest BCUT2D eigenvalue weighted by atomic mass is 16.6. The van der Waals surface area contributed by atoms with Gasteiger partial charge in [-0.3, -0.25) is 0 Å². The molecule has 0 bridgehead atoms. The zero-order chi connectivity index (χ0) is 13.8. The van der Waals surface area contributed by atoms with E-state index < -0.39 is 5.60 Å². The number of rotatable bonds is 3. The molecule has 0 heterocycles. The van der Waals surface area contributed by atoms with Crippen molar-refractivity contribution in [2.45, 2.75) is 65.0 Å². The number of nitrogens with two attached hydrogens (primary N) is 1. The molecule has 1 amide bonds. The standard InChI is InChI=1S/C14H28N2O2/c1-11-7-5-6-8-12(11)16(10-9-15)13(17)18-14(2,3)4/h11-12H,5-10,15H2,1-4H3/t11-,12+/m1/s1. The molecule has 1 fully saturated rings. The Bertz CT molecular complexity index is 273. The van der Waals surface area contributed by atoms with E-state index in [1.165, 1.54) is 19.3 Å². The normalized spacial score (nSPS) is 24.7. The maximum absolute atomic E-state index is 12.2. The molecule has 1 aliphatic carbocycles. The van der Waals surface area contributed by atoms with Crippen molar-refractivity contribution < 1.29 is 9.53 Å². The van der Waals surface area contributed by atoms with Crippen molar-refractivity contribution in [1.29, 1.82) is 0 Å². The van der Waals surface area contributed by atoms with Crippen molar-refractivity contribution in [3.05, 3.63) is 0 Å². The van der Waals surface area contributed by atoms with E-state index >= 15 is 0 Å². The summed E-state index contributed by atoms with van der Waals surface area (Å²) >= 11 is 0. The van der Waals surface area contributed by atoms with Crippen molar-refractivity contribution >= 4 is 6.09 Å². The Hall–Kier alpha value is -0.770. The molecule has 1 aliphatic rings. The quantitative estimate of drug-likeness (QED) is 0.844. The van der Waals surface area contributed by atoms with Crippen molar-refractivity contribution in [3.8, 4) is 0 Å². The highest BCUT2D eigenvalue weighted by Crippen LogP contribution is 2.28. The molecule has 106 valence electrons. The summed E-state index contributed by atoms with van der Waals surface area (Å²) in [5.41, 5.74) is 5.19. The summed E-state index contributed by atoms with van der Waals surface area (Å²) in [4.78, 5) is 14.1. The molecule has 1 rings (SSSR count). The SMILES string of the molecule is C[C@@H]1CCCC[C@@H]1N(CCN)C(=O)OC(C)(C)C. The zero-order valence-corrected chi connectivity index (χ0v) is 12.2. The average molecular weight is 256 g/mol. The Balaban J connectivity index is 2.71. The fourth-order valence-corrected chi connectivity index (χ4v) is 2.61. The van der Waals surface area contributed by atoms with Crippen LogP contribution in [0.4, 0.5) is 4.79 Å². The lowest BCUT2D eigenvalue weighted by Crippen LogP contribution is -2.49. The Morgan fingerprint density at radius 1 is 1.33 bits per heavy atom. The maximum atomic E-state index is 12.2. The molecule has 0 aromatic rings. The van der Waals surface area contributed by atoms with Crippen LogP contribution in [0.2, 0.25) is 0 Å². The van der Waals surface area contributed by atoms with Crippen LogP contribution >= 0.6 is 0 Å². The largest absolute Gasteiger partial charge is 0.444 e. The number of amides is 1. The van der Waals surface area contributed by atoms with Gasteiger partial charge in [0.05, 0.1) is 0 Å². The van der Waals surface area contributed by atoms with E-state index in [1.807, 2.05) is 25.7 Å². The van der Waals surface area contributed by atoms with Gasteiger partial charge in [-0.25, -0.2) is 4.79 Å². The molecule has 18 heavy (non-hydrogen) atoms. The summed E-state index contributed by atoms with van der Waals surface area (Å²) in [6, 6.07) is 0.289. The Morgan fingerprint density at radius 3 is 2.44 bits per heavy atom. The van der Waals surface area contributed by atoms with Gasteiger partial charge < -0.3 is 15.4 Å². The van der Waals surface area contributed by atoms with Crippen LogP contribution < -0.4 is 5.73 Å². The van der Waals surface area contributed by atoms with Crippen molar-refractivity contribution in [3.63, 3.8) is 0 Å². The predicted octanol–water partition coefficient (Wildman–Crippen LogP) is 2.76. The van der Waals surface area contributed by atoms with Gasteiger partial charge in [-0.2, -0.15) is 0 Å². The van der Waals surface area contributed by atoms with Gasteiger partial charge in [-0.15, -0.1) is 0 Å². The lowest BCUT2D eigenvalue weighted by atomic mass is 9.85. The first-order valence-corrected chi connectivity index (χ1v) is 7.05. The summed E-state index contributed by atoms with van der Waals surface area (Å²) in [5.74, 6) is 0.540. The highest BCUT2D eigenvalue weighted by Gasteiger charge is 2.32. The molecule has 2 N–H and O–H groups in total. The molecule has 0 aromatic heterocycles. The lowest BCUT2D eigenvalue weighted by Gasteiger charge is -2.39. The van der Waals surface area contributed by atoms with Gasteiger partial charge in [0.15, 0.2) is 0 Å². The van der Waals surface area contributed by atoms with Gasteiger partial charge in [0.1, 0.15) is 5.60 Å². The second kappa shape index (κ2) is 6.41. The summed E-state index contributed by atoms with van der Waals surface area (Å²) < 4.78 is 5.49. The number of ether oxygens (including phenoxy) is 1. The van der Waals surface area contributed by atoms with Crippen molar-refractivity contribution in [2.75, 3.05) is 13.1 Å². The number of hydrogen-bond acceptors (Lipinski definition) is 3. The molecule has 0 radical (unpaired) electrons. The van der Waals surface area contributed by atoms with Gasteiger partial charge in [-0.05, 0) is 39.5 Å². The third-order valence-corrected chi connectivity index (χ3v) is 3.46. The molecule has 1 saturated carbocycles. The molecule has 4 nitrogen and oxygen atoms in total. The number of hydrogen-bond donors (Lipinski definition) is 1. The van der Waals surface area contributed by atoms with E-state index in [-0.39, 0.29) is 12.1 Å². The lowest BCUT2D eigenvalue weighted by molar-refractivity contribution is 0.00618. The van der Waals surface area contributed by atoms with E-state index in [0.29, 0.717) is 19.0 Å². The monoisotopic (exact) mass is 256 g/mol. The number of carbonyl (C=O) groups is 1. The van der Waals surface area contributed by atoms with Crippen LogP contribution in [0.3, 0.4) is 0 Å². The highest BCUT2D eigenvalue weighted by molar-refractivity contribution is 5.68. The molecule has 0 saturated heterocycles. The summed E-state index contributed by atoms with van der Waals surface area (Å²) in [5, 5.41) is 0. The summed E-state index contributed by atoms with van der Waals surface area (Å²) in [7, 11) is 0. The molecule has 4 heteroatoms. The van der Waals surface area contributed by atoms with Crippen LogP contribution in [0.1, 0.15) is 53.4 Å². The van der Waals surface area contributed by atoms with E-state index in [9.17, 15) is 4.79 Å². The van der Waals surface area contributed by atoms with Crippen LogP contribution in [0.15, 0.2) is 0 Å². The molecular formula is C14H28N2O2. The molecule has 0 aliphatic heterocycles. The van der Waals surface area contributed by atoms with Crippen LogP contribution in [0.5, 0.6) is 0 Å². The molecular weight excluding hydrogens is 228 g/mol. The first kappa shape index (κ1) is 15.3. The average Bonchev–Trinajstić information content (AvgIpc) is 2.24. The van der Waals surface area contributed by atoms with Crippen molar-refractivity contribution in [2.24, 2.45) is 11.7 Å². The minimum Gasteiger partial charge on any atom is -0.444 e. The van der Waals surface area contributed by atoms with Crippen LogP contribution in [-0.2, 0) is 4.74 Å². The van der Waals surface area contributed by atoms with Crippen LogP contribution in [0, 0.1) is 5.92 Å². The Labute approximate surface area is 111 Å². The van der Waals surface area contributed by atoms with E-state index in [2.05, 4.69) is 6.92 Å². The minimum atomic E-state index is -0.443. The zero-order valence-electron chi connectivity index (χ0n) is 12.2. The maximum Gasteiger partial charge on any atom is 0.410 e. The molecule has 0 aromatic carbocycles. The summed E-state index contributed by atoms with van der Waals surface area (Å²) in [6.45, 7) is 8.99. The van der Waals surface area contributed by atoms with Crippen LogP contribution in [0.25, 0.3) is 0 Å². The minimum absolute atomic E-state index is 0.216. The van der Waals surface area contributed by atoms with Gasteiger partial charge in [0.2, 0.25) is 0 Å². The third kappa shape index (κ3) is 4.48. The van der Waals surface area contributed by atoms with E-state index in [4.69, 9.17) is 10.5 Å². The first-order valence-electron chi connectivity index (χ1n) is 7.05. The van der Waals surface area contributed by atoms with Gasteiger partial charge in [0, 0.05) is 19.1 Å². The first-order chi connectivity index (χ1) is 8.35. The van der Waals surface area contributed by atoms with Crippen molar-refractivity contribution in [1.82, 2.24) is 4.90 Å². The van der Waals surface area contributed by atoms with Gasteiger partial charge in [0.25, 0.3) is 0 Å². The molecule has 0 unspecified atom stereocenters. The molecule has 2 atom stereocenters. The van der Waals surface area contributed by atoms with E-state index in [1.54, 1.807) is 0 Å². The van der Waals surface area contributed by atoms with Crippen LogP contribution in [-0.4, -0.2) is 35.7 Å². The smallest absolute Gasteiger partial charge is 0.410 e.